The van der Waals surface area contributed by atoms with Gasteiger partial charge in [-0.2, -0.15) is 0 Å². The molecule has 2 atom stereocenters. The number of hydrogen-bond donors (Lipinski definition) is 4. The average Bonchev–Trinajstić information content (AvgIpc) is 3.11. The quantitative estimate of drug-likeness (QED) is 0.473. The number of ether oxygens (including phenoxy) is 1. The first-order valence-electron chi connectivity index (χ1n) is 9.95. The van der Waals surface area contributed by atoms with Crippen molar-refractivity contribution in [2.45, 2.75) is 45.9 Å². The van der Waals surface area contributed by atoms with Crippen molar-refractivity contribution in [2.24, 2.45) is 11.7 Å². The molecule has 0 saturated carbocycles. The fourth-order valence-corrected chi connectivity index (χ4v) is 3.07. The van der Waals surface area contributed by atoms with E-state index in [0.29, 0.717) is 0 Å². The van der Waals surface area contributed by atoms with Crippen LogP contribution in [0.4, 0.5) is 4.79 Å². The van der Waals surface area contributed by atoms with E-state index >= 15 is 0 Å². The molecule has 0 aliphatic heterocycles. The molecule has 0 radical (unpaired) electrons. The number of carbonyl (C=O) groups excluding carboxylic acids is 1. The zero-order valence-corrected chi connectivity index (χ0v) is 17.8. The Kier molecular flexibility index (Phi) is 8.15. The summed E-state index contributed by atoms with van der Waals surface area (Å²) in [5.74, 6) is -2.01. The van der Waals surface area contributed by atoms with Gasteiger partial charge in [0, 0.05) is 0 Å². The zero-order valence-electron chi connectivity index (χ0n) is 17.8. The second kappa shape index (κ2) is 10.6. The Balaban J connectivity index is 0.000000366. The molecule has 2 aromatic carbocycles. The third-order valence-corrected chi connectivity index (χ3v) is 5.01. The van der Waals surface area contributed by atoms with Crippen LogP contribution in [0.15, 0.2) is 42.5 Å². The lowest BCUT2D eigenvalue weighted by Crippen LogP contribution is -2.38. The van der Waals surface area contributed by atoms with Gasteiger partial charge in [0.15, 0.2) is 0 Å². The summed E-state index contributed by atoms with van der Waals surface area (Å²) >= 11 is 0. The summed E-state index contributed by atoms with van der Waals surface area (Å²) in [5.41, 5.74) is 10.9. The van der Waals surface area contributed by atoms with Crippen molar-refractivity contribution in [3.05, 3.63) is 59.2 Å². The minimum Gasteiger partial charge on any atom is -0.480 e. The van der Waals surface area contributed by atoms with Gasteiger partial charge < -0.3 is 26.0 Å². The lowest BCUT2D eigenvalue weighted by molar-refractivity contribution is -0.140. The van der Waals surface area contributed by atoms with E-state index in [0.717, 1.165) is 17.5 Å². The molecule has 5 N–H and O–H groups in total. The molecule has 1 aliphatic rings. The summed E-state index contributed by atoms with van der Waals surface area (Å²) in [6.45, 7) is 5.06. The third kappa shape index (κ3) is 6.29. The number of aliphatic carboxylic acids is 2. The van der Waals surface area contributed by atoms with E-state index in [1.54, 1.807) is 13.8 Å². The molecular formula is C23H28N2O6. The highest BCUT2D eigenvalue weighted by Crippen LogP contribution is 2.38. The molecule has 0 fully saturated rings. The maximum atomic E-state index is 11.7. The van der Waals surface area contributed by atoms with Crippen LogP contribution in [0.2, 0.25) is 0 Å². The monoisotopic (exact) mass is 428 g/mol. The molecule has 0 aromatic heterocycles. The van der Waals surface area contributed by atoms with Crippen LogP contribution >= 0.6 is 0 Å². The molecule has 31 heavy (non-hydrogen) atoms. The van der Waals surface area contributed by atoms with Crippen LogP contribution in [-0.4, -0.2) is 40.3 Å². The van der Waals surface area contributed by atoms with Crippen molar-refractivity contribution in [3.63, 3.8) is 0 Å². The minimum atomic E-state index is -1.10. The number of carbonyl (C=O) groups is 3. The van der Waals surface area contributed by atoms with Gasteiger partial charge in [-0.15, -0.1) is 0 Å². The van der Waals surface area contributed by atoms with Gasteiger partial charge in [0.2, 0.25) is 0 Å². The summed E-state index contributed by atoms with van der Waals surface area (Å²) in [7, 11) is 0. The molecule has 0 bridgehead atoms. The maximum absolute atomic E-state index is 11.7. The van der Waals surface area contributed by atoms with Crippen LogP contribution in [0.3, 0.4) is 0 Å². The Bertz CT molecular complexity index is 957. The summed E-state index contributed by atoms with van der Waals surface area (Å²) in [6, 6.07) is 12.5. The molecule has 3 rings (SSSR count). The lowest BCUT2D eigenvalue weighted by atomic mass is 10.0. The predicted molar refractivity (Wildman–Crippen MR) is 116 cm³/mol. The fourth-order valence-electron chi connectivity index (χ4n) is 3.07. The number of alkyl carbamates (subject to hydrolysis) is 1. The Labute approximate surface area is 181 Å². The normalized spacial score (nSPS) is 13.2. The third-order valence-electron chi connectivity index (χ3n) is 5.01. The van der Waals surface area contributed by atoms with E-state index in [9.17, 15) is 14.4 Å². The molecule has 2 aromatic rings. The molecule has 166 valence electrons. The van der Waals surface area contributed by atoms with Crippen LogP contribution in [0, 0.1) is 5.92 Å². The van der Waals surface area contributed by atoms with Gasteiger partial charge >= 0.3 is 18.0 Å². The van der Waals surface area contributed by atoms with Crippen LogP contribution in [0.1, 0.15) is 37.5 Å². The number of amides is 1. The van der Waals surface area contributed by atoms with E-state index < -0.39 is 30.1 Å². The first kappa shape index (κ1) is 23.9. The Hall–Kier alpha value is -3.39. The predicted octanol–water partition coefficient (Wildman–Crippen LogP) is 3.01. The number of carboxylic acid groups (broad SMARTS) is 2. The molecule has 8 heteroatoms. The highest BCUT2D eigenvalue weighted by atomic mass is 16.5. The van der Waals surface area contributed by atoms with Gasteiger partial charge in [-0.3, -0.25) is 9.59 Å². The van der Waals surface area contributed by atoms with Crippen LogP contribution < -0.4 is 11.1 Å². The second-order valence-corrected chi connectivity index (χ2v) is 7.67. The summed E-state index contributed by atoms with van der Waals surface area (Å²) in [5, 5.41) is 19.3. The second-order valence-electron chi connectivity index (χ2n) is 7.67. The molecule has 1 aliphatic carbocycles. The molecule has 0 heterocycles. The molecule has 8 nitrogen and oxygen atoms in total. The van der Waals surface area contributed by atoms with E-state index in [4.69, 9.17) is 20.7 Å². The van der Waals surface area contributed by atoms with E-state index in [-0.39, 0.29) is 12.5 Å². The smallest absolute Gasteiger partial charge is 0.408 e. The van der Waals surface area contributed by atoms with Gasteiger partial charge in [0.25, 0.3) is 0 Å². The minimum absolute atomic E-state index is 0.0208. The molecule has 0 saturated heterocycles. The van der Waals surface area contributed by atoms with Crippen molar-refractivity contribution in [2.75, 3.05) is 0 Å². The number of hydrogen-bond acceptors (Lipinski definition) is 5. The first-order valence-corrected chi connectivity index (χ1v) is 9.95. The van der Waals surface area contributed by atoms with Gasteiger partial charge in [0.1, 0.15) is 18.7 Å². The van der Waals surface area contributed by atoms with Crippen molar-refractivity contribution in [3.8, 4) is 11.1 Å². The number of carboxylic acids is 2. The Morgan fingerprint density at radius 1 is 1.00 bits per heavy atom. The van der Waals surface area contributed by atoms with Crippen LogP contribution in [-0.2, 0) is 27.4 Å². The SMILES string of the molecule is CC(C)C(N)C(=O)O.CC(NC(=O)OCc1cccc2c1Cc1ccccc1-2)C(=O)O. The fraction of sp³-hybridized carbons (Fsp3) is 0.348. The van der Waals surface area contributed by atoms with Crippen LogP contribution in [0.25, 0.3) is 11.1 Å². The van der Waals surface area contributed by atoms with Gasteiger partial charge in [0.05, 0.1) is 0 Å². The number of benzene rings is 2. The summed E-state index contributed by atoms with van der Waals surface area (Å²) < 4.78 is 5.16. The van der Waals surface area contributed by atoms with Gasteiger partial charge in [-0.1, -0.05) is 56.3 Å². The first-order chi connectivity index (χ1) is 14.6. The standard InChI is InChI=1S/C18H17NO4.C5H11NO2/c1-11(17(20)21)19-18(22)23-10-13-6-4-8-15-14-7-3-2-5-12(14)9-16(13)15;1-3(2)4(6)5(7)8/h2-8,11H,9-10H2,1H3,(H,19,22)(H,20,21);3-4H,6H2,1-2H3,(H,7,8). The Morgan fingerprint density at radius 3 is 2.23 bits per heavy atom. The zero-order chi connectivity index (χ0) is 23.1. The van der Waals surface area contributed by atoms with Crippen molar-refractivity contribution < 1.29 is 29.3 Å². The highest BCUT2D eigenvalue weighted by molar-refractivity contribution is 5.80. The number of rotatable bonds is 6. The number of fused-ring (bicyclic) bond motifs is 3. The largest absolute Gasteiger partial charge is 0.480 e. The van der Waals surface area contributed by atoms with E-state index in [2.05, 4.69) is 23.5 Å². The maximum Gasteiger partial charge on any atom is 0.408 e. The topological polar surface area (TPSA) is 139 Å². The Morgan fingerprint density at radius 2 is 1.65 bits per heavy atom. The van der Waals surface area contributed by atoms with Crippen molar-refractivity contribution in [1.29, 1.82) is 0 Å². The molecule has 0 spiro atoms. The molecule has 1 amide bonds. The number of nitrogens with two attached hydrogens (primary N) is 1. The molecular weight excluding hydrogens is 400 g/mol. The lowest BCUT2D eigenvalue weighted by Gasteiger charge is -2.12. The highest BCUT2D eigenvalue weighted by Gasteiger charge is 2.21. The van der Waals surface area contributed by atoms with E-state index in [1.807, 2.05) is 24.3 Å². The average molecular weight is 428 g/mol. The van der Waals surface area contributed by atoms with Gasteiger partial charge in [-0.05, 0) is 47.1 Å². The van der Waals surface area contributed by atoms with Crippen LogP contribution in [0.5, 0.6) is 0 Å². The van der Waals surface area contributed by atoms with Crippen molar-refractivity contribution >= 4 is 18.0 Å². The summed E-state index contributed by atoms with van der Waals surface area (Å²) in [6.07, 6.45) is 0.0890. The summed E-state index contributed by atoms with van der Waals surface area (Å²) in [4.78, 5) is 32.4. The number of nitrogens with one attached hydrogen (secondary N) is 1. The van der Waals surface area contributed by atoms with Gasteiger partial charge in [-0.25, -0.2) is 4.79 Å². The molecule has 2 unspecified atom stereocenters. The van der Waals surface area contributed by atoms with E-state index in [1.165, 1.54) is 23.6 Å². The van der Waals surface area contributed by atoms with Crippen molar-refractivity contribution in [1.82, 2.24) is 5.32 Å².